The summed E-state index contributed by atoms with van der Waals surface area (Å²) in [4.78, 5) is 11.7. The third-order valence-electron chi connectivity index (χ3n) is 2.83. The number of ether oxygens (including phenoxy) is 1. The van der Waals surface area contributed by atoms with E-state index in [0.717, 1.165) is 31.6 Å². The van der Waals surface area contributed by atoms with Crippen molar-refractivity contribution >= 4 is 23.2 Å². The van der Waals surface area contributed by atoms with Crippen molar-refractivity contribution < 1.29 is 9.53 Å². The summed E-state index contributed by atoms with van der Waals surface area (Å²) < 4.78 is 5.47. The summed E-state index contributed by atoms with van der Waals surface area (Å²) in [5, 5.41) is 3.45. The molecule has 1 aromatic carbocycles. The number of amides is 1. The second kappa shape index (κ2) is 6.03. The number of hydrogen-bond acceptors (Lipinski definition) is 2. The Morgan fingerprint density at radius 2 is 2.41 bits per heavy atom. The van der Waals surface area contributed by atoms with Crippen molar-refractivity contribution in [3.63, 3.8) is 0 Å². The Balaban J connectivity index is 1.76. The minimum atomic E-state index is 0.0165. The van der Waals surface area contributed by atoms with Crippen LogP contribution in [0.25, 0.3) is 0 Å². The van der Waals surface area contributed by atoms with Crippen molar-refractivity contribution in [2.24, 2.45) is 0 Å². The van der Waals surface area contributed by atoms with Crippen LogP contribution in [0.15, 0.2) is 24.3 Å². The smallest absolute Gasteiger partial charge is 0.224 e. The van der Waals surface area contributed by atoms with E-state index in [-0.39, 0.29) is 12.0 Å². The van der Waals surface area contributed by atoms with Gasteiger partial charge in [-0.05, 0) is 37.5 Å². The quantitative estimate of drug-likeness (QED) is 0.895. The molecule has 3 nitrogen and oxygen atoms in total. The highest BCUT2D eigenvalue weighted by atomic mass is 35.5. The maximum Gasteiger partial charge on any atom is 0.224 e. The number of benzene rings is 1. The summed E-state index contributed by atoms with van der Waals surface area (Å²) in [6.07, 6.45) is 3.74. The molecule has 2 rings (SSSR count). The number of halogens is 1. The molecule has 0 saturated carbocycles. The van der Waals surface area contributed by atoms with Crippen LogP contribution in [0.1, 0.15) is 25.7 Å². The lowest BCUT2D eigenvalue weighted by molar-refractivity contribution is -0.116. The third-order valence-corrected chi connectivity index (χ3v) is 3.06. The SMILES string of the molecule is O=C(CCC1CCCO1)Nc1cccc(Cl)c1. The zero-order valence-electron chi connectivity index (χ0n) is 9.62. The number of nitrogens with one attached hydrogen (secondary N) is 1. The van der Waals surface area contributed by atoms with E-state index in [1.807, 2.05) is 12.1 Å². The van der Waals surface area contributed by atoms with Crippen LogP contribution in [0.2, 0.25) is 5.02 Å². The maximum atomic E-state index is 11.7. The van der Waals surface area contributed by atoms with E-state index in [4.69, 9.17) is 16.3 Å². The molecule has 0 spiro atoms. The normalized spacial score (nSPS) is 19.2. The number of carbonyl (C=O) groups is 1. The Labute approximate surface area is 106 Å². The fourth-order valence-electron chi connectivity index (χ4n) is 1.95. The molecular weight excluding hydrogens is 238 g/mol. The summed E-state index contributed by atoms with van der Waals surface area (Å²) in [7, 11) is 0. The van der Waals surface area contributed by atoms with Crippen molar-refractivity contribution in [3.05, 3.63) is 29.3 Å². The van der Waals surface area contributed by atoms with Gasteiger partial charge in [-0.3, -0.25) is 4.79 Å². The highest BCUT2D eigenvalue weighted by molar-refractivity contribution is 6.30. The van der Waals surface area contributed by atoms with Gasteiger partial charge in [0.15, 0.2) is 0 Å². The van der Waals surface area contributed by atoms with E-state index >= 15 is 0 Å². The van der Waals surface area contributed by atoms with E-state index in [0.29, 0.717) is 11.4 Å². The molecule has 1 saturated heterocycles. The zero-order chi connectivity index (χ0) is 12.1. The molecule has 1 heterocycles. The van der Waals surface area contributed by atoms with Gasteiger partial charge in [0.05, 0.1) is 6.10 Å². The van der Waals surface area contributed by atoms with Crippen molar-refractivity contribution in [1.29, 1.82) is 0 Å². The molecular formula is C13H16ClNO2. The van der Waals surface area contributed by atoms with Crippen LogP contribution in [0.3, 0.4) is 0 Å². The van der Waals surface area contributed by atoms with Crippen molar-refractivity contribution in [1.82, 2.24) is 0 Å². The third kappa shape index (κ3) is 4.02. The first-order chi connectivity index (χ1) is 8.24. The lowest BCUT2D eigenvalue weighted by Crippen LogP contribution is -2.15. The lowest BCUT2D eigenvalue weighted by atomic mass is 10.1. The number of hydrogen-bond donors (Lipinski definition) is 1. The van der Waals surface area contributed by atoms with Gasteiger partial charge in [0.2, 0.25) is 5.91 Å². The molecule has 4 heteroatoms. The Bertz CT molecular complexity index is 389. The maximum absolute atomic E-state index is 11.7. The predicted molar refractivity (Wildman–Crippen MR) is 68.3 cm³/mol. The van der Waals surface area contributed by atoms with E-state index in [1.54, 1.807) is 12.1 Å². The van der Waals surface area contributed by atoms with Crippen LogP contribution < -0.4 is 5.32 Å². The van der Waals surface area contributed by atoms with Crippen LogP contribution in [-0.2, 0) is 9.53 Å². The van der Waals surface area contributed by atoms with E-state index < -0.39 is 0 Å². The molecule has 1 amide bonds. The zero-order valence-corrected chi connectivity index (χ0v) is 10.4. The summed E-state index contributed by atoms with van der Waals surface area (Å²) in [6, 6.07) is 7.17. The molecule has 1 aromatic rings. The first-order valence-electron chi connectivity index (χ1n) is 5.91. The van der Waals surface area contributed by atoms with Crippen molar-refractivity contribution in [2.45, 2.75) is 31.8 Å². The van der Waals surface area contributed by atoms with Crippen LogP contribution in [-0.4, -0.2) is 18.6 Å². The van der Waals surface area contributed by atoms with Gasteiger partial charge in [-0.1, -0.05) is 17.7 Å². The summed E-state index contributed by atoms with van der Waals surface area (Å²) >= 11 is 5.84. The summed E-state index contributed by atoms with van der Waals surface area (Å²) in [5.41, 5.74) is 0.745. The fraction of sp³-hybridized carbons (Fsp3) is 0.462. The highest BCUT2D eigenvalue weighted by Crippen LogP contribution is 2.18. The van der Waals surface area contributed by atoms with Gasteiger partial charge in [0.25, 0.3) is 0 Å². The molecule has 1 aliphatic heterocycles. The molecule has 0 bridgehead atoms. The highest BCUT2D eigenvalue weighted by Gasteiger charge is 2.16. The largest absolute Gasteiger partial charge is 0.378 e. The topological polar surface area (TPSA) is 38.3 Å². The fourth-order valence-corrected chi connectivity index (χ4v) is 2.14. The molecule has 1 fully saturated rings. The van der Waals surface area contributed by atoms with E-state index in [1.165, 1.54) is 0 Å². The van der Waals surface area contributed by atoms with Crippen molar-refractivity contribution in [3.8, 4) is 0 Å². The first kappa shape index (κ1) is 12.4. The second-order valence-electron chi connectivity index (χ2n) is 4.23. The molecule has 17 heavy (non-hydrogen) atoms. The van der Waals surface area contributed by atoms with Gasteiger partial charge in [-0.15, -0.1) is 0 Å². The van der Waals surface area contributed by atoms with Gasteiger partial charge >= 0.3 is 0 Å². The standard InChI is InChI=1S/C13H16ClNO2/c14-10-3-1-4-11(9-10)15-13(16)7-6-12-5-2-8-17-12/h1,3-4,9,12H,2,5-8H2,(H,15,16). The van der Waals surface area contributed by atoms with Crippen LogP contribution in [0, 0.1) is 0 Å². The molecule has 1 unspecified atom stereocenters. The van der Waals surface area contributed by atoms with Crippen LogP contribution in [0.5, 0.6) is 0 Å². The lowest BCUT2D eigenvalue weighted by Gasteiger charge is -2.09. The molecule has 1 atom stereocenters. The number of anilines is 1. The Hall–Kier alpha value is -1.06. The van der Waals surface area contributed by atoms with Gasteiger partial charge in [-0.2, -0.15) is 0 Å². The summed E-state index contributed by atoms with van der Waals surface area (Å²) in [5.74, 6) is 0.0165. The predicted octanol–water partition coefficient (Wildman–Crippen LogP) is 3.24. The van der Waals surface area contributed by atoms with Gasteiger partial charge in [0.1, 0.15) is 0 Å². The molecule has 1 aliphatic rings. The van der Waals surface area contributed by atoms with Gasteiger partial charge in [0, 0.05) is 23.7 Å². The molecule has 0 aliphatic carbocycles. The number of carbonyl (C=O) groups excluding carboxylic acids is 1. The van der Waals surface area contributed by atoms with Crippen LogP contribution >= 0.6 is 11.6 Å². The van der Waals surface area contributed by atoms with E-state index in [9.17, 15) is 4.79 Å². The van der Waals surface area contributed by atoms with E-state index in [2.05, 4.69) is 5.32 Å². The number of rotatable bonds is 4. The molecule has 1 N–H and O–H groups in total. The summed E-state index contributed by atoms with van der Waals surface area (Å²) in [6.45, 7) is 0.834. The molecule has 0 radical (unpaired) electrons. The first-order valence-corrected chi connectivity index (χ1v) is 6.29. The molecule has 92 valence electrons. The average molecular weight is 254 g/mol. The second-order valence-corrected chi connectivity index (χ2v) is 4.67. The Morgan fingerprint density at radius 3 is 3.12 bits per heavy atom. The van der Waals surface area contributed by atoms with Crippen molar-refractivity contribution in [2.75, 3.05) is 11.9 Å². The molecule has 0 aromatic heterocycles. The Kier molecular flexibility index (Phi) is 4.40. The Morgan fingerprint density at radius 1 is 1.53 bits per heavy atom. The van der Waals surface area contributed by atoms with Crippen LogP contribution in [0.4, 0.5) is 5.69 Å². The monoisotopic (exact) mass is 253 g/mol. The van der Waals surface area contributed by atoms with Gasteiger partial charge < -0.3 is 10.1 Å². The average Bonchev–Trinajstić information content (AvgIpc) is 2.79. The minimum absolute atomic E-state index is 0.0165. The minimum Gasteiger partial charge on any atom is -0.378 e. The van der Waals surface area contributed by atoms with Gasteiger partial charge in [-0.25, -0.2) is 0 Å².